The van der Waals surface area contributed by atoms with Crippen molar-refractivity contribution in [3.05, 3.63) is 78.4 Å². The van der Waals surface area contributed by atoms with Gasteiger partial charge >= 0.3 is 12.1 Å². The molecule has 50 heavy (non-hydrogen) atoms. The Hall–Kier alpha value is -5.72. The number of aromatic nitrogens is 3. The van der Waals surface area contributed by atoms with Gasteiger partial charge in [0.05, 0.1) is 10.6 Å². The van der Waals surface area contributed by atoms with E-state index in [2.05, 4.69) is 41.1 Å². The van der Waals surface area contributed by atoms with Crippen molar-refractivity contribution in [2.45, 2.75) is 21.6 Å². The molecular formula is C27H22FN9O10S3. The van der Waals surface area contributed by atoms with Gasteiger partial charge in [0.1, 0.15) is 21.2 Å². The maximum absolute atomic E-state index is 14.3. The summed E-state index contributed by atoms with van der Waals surface area (Å²) in [5, 5.41) is 14.6. The Labute approximate surface area is 281 Å². The topological polar surface area (TPSA) is 306 Å². The van der Waals surface area contributed by atoms with E-state index in [1.54, 1.807) is 12.1 Å². The summed E-state index contributed by atoms with van der Waals surface area (Å²) in [6.07, 6.45) is -1.13. The fraction of sp³-hybridized carbons (Fsp3) is 0.0370. The molecule has 0 aliphatic heterocycles. The number of nitrogens with one attached hydrogen (secondary N) is 3. The fourth-order valence-corrected chi connectivity index (χ4v) is 6.42. The van der Waals surface area contributed by atoms with Crippen molar-refractivity contribution in [2.24, 2.45) is 16.0 Å². The van der Waals surface area contributed by atoms with Crippen LogP contribution in [0.4, 0.5) is 49.5 Å². The van der Waals surface area contributed by atoms with Crippen molar-refractivity contribution < 1.29 is 48.1 Å². The molecule has 0 bridgehead atoms. The Morgan fingerprint density at radius 2 is 1.38 bits per heavy atom. The number of urea groups is 1. The molecule has 1 heterocycles. The Morgan fingerprint density at radius 3 is 2.00 bits per heavy atom. The van der Waals surface area contributed by atoms with Crippen molar-refractivity contribution in [3.8, 4) is 0 Å². The number of hydrogen-bond acceptors (Lipinski definition) is 14. The van der Waals surface area contributed by atoms with E-state index < -0.39 is 73.6 Å². The molecule has 5 aromatic rings. The molecule has 0 saturated heterocycles. The van der Waals surface area contributed by atoms with Gasteiger partial charge in [-0.05, 0) is 66.4 Å². The van der Waals surface area contributed by atoms with Gasteiger partial charge in [0.15, 0.2) is 0 Å². The average Bonchev–Trinajstić information content (AvgIpc) is 2.99. The average molecular weight is 748 g/mol. The first-order valence-corrected chi connectivity index (χ1v) is 17.8. The lowest BCUT2D eigenvalue weighted by Crippen LogP contribution is -2.19. The number of halogens is 1. The van der Waals surface area contributed by atoms with Crippen LogP contribution in [0.1, 0.15) is 5.56 Å². The summed E-state index contributed by atoms with van der Waals surface area (Å²) in [4.78, 5) is 20.1. The highest BCUT2D eigenvalue weighted by Crippen LogP contribution is 2.37. The number of rotatable bonds is 10. The molecule has 0 spiro atoms. The number of anilines is 5. The maximum atomic E-state index is 14.3. The summed E-state index contributed by atoms with van der Waals surface area (Å²) >= 11 is 0. The molecule has 4 aromatic carbocycles. The van der Waals surface area contributed by atoms with Crippen LogP contribution >= 0.6 is 0 Å². The lowest BCUT2D eigenvalue weighted by molar-refractivity contribution is 0.259. The van der Waals surface area contributed by atoms with Crippen LogP contribution in [-0.4, -0.2) is 59.9 Å². The van der Waals surface area contributed by atoms with E-state index in [0.29, 0.717) is 23.9 Å². The number of nitrogens with zero attached hydrogens (tertiary/aromatic N) is 5. The van der Waals surface area contributed by atoms with Gasteiger partial charge in [0, 0.05) is 16.8 Å². The number of hydrogen-bond donors (Lipinski definition) is 7. The Kier molecular flexibility index (Phi) is 9.46. The second-order valence-corrected chi connectivity index (χ2v) is 14.3. The van der Waals surface area contributed by atoms with E-state index in [1.807, 2.05) is 19.1 Å². The highest BCUT2D eigenvalue weighted by molar-refractivity contribution is 7.87. The molecule has 2 amide bonds. The summed E-state index contributed by atoms with van der Waals surface area (Å²) in [6.45, 7) is 1.81. The van der Waals surface area contributed by atoms with Gasteiger partial charge < -0.3 is 21.7 Å². The third-order valence-electron chi connectivity index (χ3n) is 6.60. The van der Waals surface area contributed by atoms with Crippen LogP contribution in [0.3, 0.4) is 0 Å². The number of nitrogens with two attached hydrogens (primary N) is 1. The molecule has 1 aromatic heterocycles. The highest BCUT2D eigenvalue weighted by atomic mass is 32.2. The SMILES string of the molecule is Cc1ccccc1Nc1nc(F)nc(Nc2ccc(N=Nc3cc4c(S(=O)(=O)O)cc(S(=O)(=O)O)cc4cc3S(=O)(=O)O)c(NC(N)=O)c2)n1. The predicted octanol–water partition coefficient (Wildman–Crippen LogP) is 4.61. The normalized spacial score (nSPS) is 12.3. The smallest absolute Gasteiger partial charge is 0.316 e. The minimum atomic E-state index is -5.19. The number of azo groups is 1. The number of primary amides is 1. The summed E-state index contributed by atoms with van der Waals surface area (Å²) in [7, 11) is -15.4. The number of benzene rings is 4. The van der Waals surface area contributed by atoms with Gasteiger partial charge in [-0.15, -0.1) is 10.2 Å². The number of carbonyl (C=O) groups excluding carboxylic acids is 1. The molecule has 0 atom stereocenters. The number of carbonyl (C=O) groups is 1. The van der Waals surface area contributed by atoms with E-state index in [9.17, 15) is 48.1 Å². The third-order valence-corrected chi connectivity index (χ3v) is 9.20. The van der Waals surface area contributed by atoms with Crippen LogP contribution in [0.25, 0.3) is 10.8 Å². The first-order valence-electron chi connectivity index (χ1n) is 13.5. The second kappa shape index (κ2) is 13.3. The van der Waals surface area contributed by atoms with E-state index in [-0.39, 0.29) is 29.0 Å². The summed E-state index contributed by atoms with van der Waals surface area (Å²) in [5.41, 5.74) is 5.83. The van der Waals surface area contributed by atoms with Crippen LogP contribution < -0.4 is 21.7 Å². The largest absolute Gasteiger partial charge is 0.351 e. The minimum Gasteiger partial charge on any atom is -0.351 e. The number of amides is 2. The van der Waals surface area contributed by atoms with Crippen LogP contribution in [-0.2, 0) is 30.4 Å². The molecule has 0 aliphatic rings. The zero-order valence-corrected chi connectivity index (χ0v) is 27.4. The number of para-hydroxylation sites is 1. The molecule has 0 saturated carbocycles. The molecule has 260 valence electrons. The zero-order chi connectivity index (χ0) is 36.6. The first kappa shape index (κ1) is 35.6. The van der Waals surface area contributed by atoms with E-state index in [1.165, 1.54) is 18.2 Å². The minimum absolute atomic E-state index is 0.133. The quantitative estimate of drug-likeness (QED) is 0.0758. The number of aryl methyl sites for hydroxylation is 1. The maximum Gasteiger partial charge on any atom is 0.316 e. The first-order chi connectivity index (χ1) is 23.3. The van der Waals surface area contributed by atoms with Crippen LogP contribution in [0.15, 0.2) is 91.6 Å². The molecule has 5 rings (SSSR count). The van der Waals surface area contributed by atoms with Gasteiger partial charge in [-0.3, -0.25) is 13.7 Å². The Morgan fingerprint density at radius 1 is 0.740 bits per heavy atom. The lowest BCUT2D eigenvalue weighted by Gasteiger charge is -2.12. The molecule has 0 aliphatic carbocycles. The summed E-state index contributed by atoms with van der Waals surface area (Å²) in [6, 6.07) is 12.3. The van der Waals surface area contributed by atoms with Crippen LogP contribution in [0, 0.1) is 13.0 Å². The van der Waals surface area contributed by atoms with Crippen molar-refractivity contribution >= 4 is 87.5 Å². The lowest BCUT2D eigenvalue weighted by atomic mass is 10.1. The van der Waals surface area contributed by atoms with Gasteiger partial charge in [-0.2, -0.15) is 44.6 Å². The van der Waals surface area contributed by atoms with Crippen molar-refractivity contribution in [1.82, 2.24) is 15.0 Å². The molecular weight excluding hydrogens is 726 g/mol. The van der Waals surface area contributed by atoms with E-state index in [0.717, 1.165) is 11.6 Å². The summed E-state index contributed by atoms with van der Waals surface area (Å²) < 4.78 is 116. The predicted molar refractivity (Wildman–Crippen MR) is 175 cm³/mol. The fourth-order valence-electron chi connectivity index (χ4n) is 4.43. The van der Waals surface area contributed by atoms with Crippen molar-refractivity contribution in [2.75, 3.05) is 16.0 Å². The standard InChI is InChI=1S/C27H22FN9O10S3/c1-13-4-2-3-5-18(13)32-27-34-24(28)33-26(35-27)30-15-6-7-19(20(10-15)31-25(29)38)36-37-21-12-17-14(9-23(21)50(45,46)47)8-16(48(39,40)41)11-22(17)49(42,43)44/h2-12H,1H3,(H3,29,31,38)(H,39,40,41)(H,42,43,44)(H,45,46,47)(H2,30,32,33,34,35). The molecule has 0 unspecified atom stereocenters. The molecule has 19 nitrogen and oxygen atoms in total. The third kappa shape index (κ3) is 8.28. The molecule has 8 N–H and O–H groups in total. The number of fused-ring (bicyclic) bond motifs is 1. The zero-order valence-electron chi connectivity index (χ0n) is 25.0. The van der Waals surface area contributed by atoms with Crippen molar-refractivity contribution in [1.29, 1.82) is 0 Å². The van der Waals surface area contributed by atoms with Crippen LogP contribution in [0.5, 0.6) is 0 Å². The van der Waals surface area contributed by atoms with E-state index >= 15 is 0 Å². The van der Waals surface area contributed by atoms with Gasteiger partial charge in [0.2, 0.25) is 11.9 Å². The van der Waals surface area contributed by atoms with Crippen LogP contribution in [0.2, 0.25) is 0 Å². The van der Waals surface area contributed by atoms with Gasteiger partial charge in [-0.1, -0.05) is 18.2 Å². The molecule has 0 radical (unpaired) electrons. The van der Waals surface area contributed by atoms with Gasteiger partial charge in [0.25, 0.3) is 30.4 Å². The summed E-state index contributed by atoms with van der Waals surface area (Å²) in [5.74, 6) is -0.389. The van der Waals surface area contributed by atoms with Crippen molar-refractivity contribution in [3.63, 3.8) is 0 Å². The molecule has 0 fully saturated rings. The monoisotopic (exact) mass is 747 g/mol. The second-order valence-electron chi connectivity index (χ2n) is 10.1. The van der Waals surface area contributed by atoms with E-state index in [4.69, 9.17) is 5.73 Å². The molecule has 23 heteroatoms. The highest BCUT2D eigenvalue weighted by Gasteiger charge is 2.25. The Balaban J connectivity index is 1.56. The van der Waals surface area contributed by atoms with Gasteiger partial charge in [-0.25, -0.2) is 4.79 Å². The Bertz CT molecular complexity index is 2570.